The zero-order valence-corrected chi connectivity index (χ0v) is 16.2. The molecule has 1 amide bonds. The molecule has 0 atom stereocenters. The molecular weight excluding hydrogens is 352 g/mol. The minimum absolute atomic E-state index is 0.0509. The number of amides is 1. The van der Waals surface area contributed by atoms with Crippen LogP contribution in [0.2, 0.25) is 0 Å². The van der Waals surface area contributed by atoms with E-state index in [4.69, 9.17) is 4.74 Å². The second-order valence-electron chi connectivity index (χ2n) is 5.87. The molecule has 26 heavy (non-hydrogen) atoms. The average Bonchev–Trinajstić information content (AvgIpc) is 2.59. The van der Waals surface area contributed by atoms with Gasteiger partial charge in [0.1, 0.15) is 5.75 Å². The van der Waals surface area contributed by atoms with Gasteiger partial charge in [0.2, 0.25) is 5.91 Å². The van der Waals surface area contributed by atoms with Crippen molar-refractivity contribution in [1.29, 1.82) is 0 Å². The first kappa shape index (κ1) is 19.8. The molecule has 0 saturated heterocycles. The van der Waals surface area contributed by atoms with E-state index in [1.807, 2.05) is 39.0 Å². The van der Waals surface area contributed by atoms with Gasteiger partial charge >= 0.3 is 0 Å². The van der Waals surface area contributed by atoms with Crippen molar-refractivity contribution in [2.45, 2.75) is 39.0 Å². The summed E-state index contributed by atoms with van der Waals surface area (Å²) in [5.74, 6) is 0.212. The Morgan fingerprint density at radius 1 is 1.08 bits per heavy atom. The minimum atomic E-state index is -3.81. The van der Waals surface area contributed by atoms with Gasteiger partial charge in [-0.3, -0.25) is 9.52 Å². The molecule has 2 aromatic rings. The molecule has 0 saturated carbocycles. The van der Waals surface area contributed by atoms with Crippen LogP contribution in [-0.2, 0) is 14.8 Å². The molecule has 140 valence electrons. The summed E-state index contributed by atoms with van der Waals surface area (Å²) in [6.07, 6.45) is 0.281. The molecule has 0 unspecified atom stereocenters. The summed E-state index contributed by atoms with van der Waals surface area (Å²) in [6.45, 7) is 7.63. The monoisotopic (exact) mass is 376 g/mol. The number of nitrogens with one attached hydrogen (secondary N) is 2. The number of carbonyl (C=O) groups is 1. The fraction of sp³-hybridized carbons (Fsp3) is 0.316. The van der Waals surface area contributed by atoms with Crippen molar-refractivity contribution in [2.24, 2.45) is 0 Å². The fourth-order valence-electron chi connectivity index (χ4n) is 2.46. The highest BCUT2D eigenvalue weighted by Gasteiger charge is 2.19. The van der Waals surface area contributed by atoms with Gasteiger partial charge in [-0.2, -0.15) is 0 Å². The van der Waals surface area contributed by atoms with Crippen LogP contribution in [0.3, 0.4) is 0 Å². The smallest absolute Gasteiger partial charge is 0.261 e. The van der Waals surface area contributed by atoms with Crippen molar-refractivity contribution < 1.29 is 17.9 Å². The largest absolute Gasteiger partial charge is 0.492 e. The summed E-state index contributed by atoms with van der Waals surface area (Å²) in [5.41, 5.74) is 2.56. The Kier molecular flexibility index (Phi) is 6.26. The topological polar surface area (TPSA) is 84.5 Å². The molecule has 0 aliphatic carbocycles. The maximum atomic E-state index is 12.8. The molecule has 0 aliphatic heterocycles. The second-order valence-corrected chi connectivity index (χ2v) is 7.55. The van der Waals surface area contributed by atoms with Crippen LogP contribution in [0.4, 0.5) is 11.4 Å². The summed E-state index contributed by atoms with van der Waals surface area (Å²) in [7, 11) is -3.81. The molecule has 2 aromatic carbocycles. The minimum Gasteiger partial charge on any atom is -0.492 e. The lowest BCUT2D eigenvalue weighted by molar-refractivity contribution is -0.115. The Labute approximate surface area is 154 Å². The first-order chi connectivity index (χ1) is 12.3. The van der Waals surface area contributed by atoms with E-state index in [2.05, 4.69) is 10.0 Å². The number of ether oxygens (including phenoxy) is 1. The number of carbonyl (C=O) groups excluding carboxylic acids is 1. The van der Waals surface area contributed by atoms with Gasteiger partial charge < -0.3 is 10.1 Å². The molecule has 0 spiro atoms. The Bertz CT molecular complexity index is 888. The third-order valence-electron chi connectivity index (χ3n) is 3.87. The van der Waals surface area contributed by atoms with Crippen LogP contribution in [0.25, 0.3) is 0 Å². The summed E-state index contributed by atoms with van der Waals surface area (Å²) in [5, 5.41) is 2.69. The highest BCUT2D eigenvalue weighted by molar-refractivity contribution is 7.92. The number of aryl methyl sites for hydroxylation is 2. The lowest BCUT2D eigenvalue weighted by atomic mass is 10.1. The van der Waals surface area contributed by atoms with Gasteiger partial charge in [0.25, 0.3) is 10.0 Å². The Morgan fingerprint density at radius 3 is 2.31 bits per heavy atom. The Morgan fingerprint density at radius 2 is 1.73 bits per heavy atom. The summed E-state index contributed by atoms with van der Waals surface area (Å²) in [4.78, 5) is 11.8. The van der Waals surface area contributed by atoms with E-state index in [1.54, 1.807) is 13.0 Å². The molecule has 0 fully saturated rings. The number of sulfonamides is 1. The Balaban J connectivity index is 2.42. The van der Waals surface area contributed by atoms with Gasteiger partial charge in [-0.15, -0.1) is 0 Å². The summed E-state index contributed by atoms with van der Waals surface area (Å²) < 4.78 is 33.7. The molecule has 6 nitrogen and oxygen atoms in total. The molecule has 0 radical (unpaired) electrons. The molecule has 0 bridgehead atoms. The normalized spacial score (nSPS) is 11.1. The van der Waals surface area contributed by atoms with Crippen LogP contribution >= 0.6 is 0 Å². The molecule has 0 aliphatic rings. The van der Waals surface area contributed by atoms with Crippen LogP contribution in [0.5, 0.6) is 5.75 Å². The standard InChI is InChI=1S/C19H24N2O4S/c1-5-18(22)20-16-12-15(10-11-17(16)25-6-2)26(23,24)21-19-13(3)8-7-9-14(19)4/h7-12,21H,5-6H2,1-4H3,(H,20,22). The van der Waals surface area contributed by atoms with Crippen LogP contribution in [0, 0.1) is 13.8 Å². The maximum Gasteiger partial charge on any atom is 0.261 e. The van der Waals surface area contributed by atoms with E-state index in [0.29, 0.717) is 23.7 Å². The number of hydrogen-bond donors (Lipinski definition) is 2. The average molecular weight is 376 g/mol. The number of para-hydroxylation sites is 1. The van der Waals surface area contributed by atoms with Crippen molar-refractivity contribution in [3.63, 3.8) is 0 Å². The van der Waals surface area contributed by atoms with Gasteiger partial charge in [0.05, 0.1) is 22.9 Å². The number of hydrogen-bond acceptors (Lipinski definition) is 4. The van der Waals surface area contributed by atoms with Crippen molar-refractivity contribution in [3.8, 4) is 5.75 Å². The number of anilines is 2. The molecule has 2 N–H and O–H groups in total. The SMILES string of the molecule is CCOc1ccc(S(=O)(=O)Nc2c(C)cccc2C)cc1NC(=O)CC. The predicted octanol–water partition coefficient (Wildman–Crippen LogP) is 3.85. The van der Waals surface area contributed by atoms with E-state index >= 15 is 0 Å². The fourth-order valence-corrected chi connectivity index (χ4v) is 3.69. The van der Waals surface area contributed by atoms with E-state index in [9.17, 15) is 13.2 Å². The molecule has 0 aromatic heterocycles. The zero-order valence-electron chi connectivity index (χ0n) is 15.4. The number of rotatable bonds is 7. The lowest BCUT2D eigenvalue weighted by Gasteiger charge is -2.16. The molecular formula is C19H24N2O4S. The molecule has 2 rings (SSSR count). The van der Waals surface area contributed by atoms with Crippen molar-refractivity contribution in [3.05, 3.63) is 47.5 Å². The molecule has 0 heterocycles. The zero-order chi connectivity index (χ0) is 19.3. The number of benzene rings is 2. The van der Waals surface area contributed by atoms with Crippen LogP contribution in [-0.4, -0.2) is 20.9 Å². The lowest BCUT2D eigenvalue weighted by Crippen LogP contribution is -2.16. The van der Waals surface area contributed by atoms with Crippen molar-refractivity contribution in [1.82, 2.24) is 0 Å². The quantitative estimate of drug-likeness (QED) is 0.769. The third kappa shape index (κ3) is 4.54. The van der Waals surface area contributed by atoms with Gasteiger partial charge in [0, 0.05) is 6.42 Å². The van der Waals surface area contributed by atoms with Gasteiger partial charge in [0.15, 0.2) is 0 Å². The van der Waals surface area contributed by atoms with E-state index < -0.39 is 10.0 Å². The van der Waals surface area contributed by atoms with E-state index in [0.717, 1.165) is 11.1 Å². The molecule has 7 heteroatoms. The summed E-state index contributed by atoms with van der Waals surface area (Å²) >= 11 is 0. The van der Waals surface area contributed by atoms with Crippen molar-refractivity contribution >= 4 is 27.3 Å². The highest BCUT2D eigenvalue weighted by atomic mass is 32.2. The van der Waals surface area contributed by atoms with Crippen LogP contribution in [0.1, 0.15) is 31.4 Å². The van der Waals surface area contributed by atoms with Crippen LogP contribution < -0.4 is 14.8 Å². The Hall–Kier alpha value is -2.54. The first-order valence-corrected chi connectivity index (χ1v) is 9.92. The van der Waals surface area contributed by atoms with Gasteiger partial charge in [-0.25, -0.2) is 8.42 Å². The highest BCUT2D eigenvalue weighted by Crippen LogP contribution is 2.30. The third-order valence-corrected chi connectivity index (χ3v) is 5.22. The van der Waals surface area contributed by atoms with E-state index in [-0.39, 0.29) is 17.2 Å². The second kappa shape index (κ2) is 8.23. The summed E-state index contributed by atoms with van der Waals surface area (Å²) in [6, 6.07) is 9.98. The maximum absolute atomic E-state index is 12.8. The first-order valence-electron chi connectivity index (χ1n) is 8.44. The predicted molar refractivity (Wildman–Crippen MR) is 103 cm³/mol. The van der Waals surface area contributed by atoms with E-state index in [1.165, 1.54) is 12.1 Å². The van der Waals surface area contributed by atoms with Gasteiger partial charge in [-0.05, 0) is 50.1 Å². The van der Waals surface area contributed by atoms with Gasteiger partial charge in [-0.1, -0.05) is 25.1 Å². The van der Waals surface area contributed by atoms with Crippen LogP contribution in [0.15, 0.2) is 41.3 Å². The van der Waals surface area contributed by atoms with Crippen molar-refractivity contribution in [2.75, 3.05) is 16.6 Å².